The molecule has 1 amide bonds. The van der Waals surface area contributed by atoms with E-state index in [1.807, 2.05) is 11.0 Å². The fourth-order valence-electron chi connectivity index (χ4n) is 2.93. The van der Waals surface area contributed by atoms with Gasteiger partial charge in [-0.3, -0.25) is 4.79 Å². The standard InChI is InChI=1S/C17H20N2O3/c1-10-7-14(10)16-6-5-13(21-16)9-19(12-3-4-12)17(20)15-8-11(2)22-18-15/h5-6,8,10,12,14H,3-4,7,9H2,1-2H3/t10-,14+/m0/s1. The van der Waals surface area contributed by atoms with Gasteiger partial charge in [0.2, 0.25) is 0 Å². The van der Waals surface area contributed by atoms with Gasteiger partial charge in [0.25, 0.3) is 5.91 Å². The maximum absolute atomic E-state index is 12.6. The first-order valence-corrected chi connectivity index (χ1v) is 7.94. The van der Waals surface area contributed by atoms with Crippen LogP contribution >= 0.6 is 0 Å². The number of furan rings is 1. The second-order valence-electron chi connectivity index (χ2n) is 6.61. The molecule has 2 heterocycles. The average molecular weight is 300 g/mol. The summed E-state index contributed by atoms with van der Waals surface area (Å²) in [5, 5.41) is 3.84. The lowest BCUT2D eigenvalue weighted by Crippen LogP contribution is -2.32. The van der Waals surface area contributed by atoms with Crippen LogP contribution in [0.1, 0.15) is 59.9 Å². The summed E-state index contributed by atoms with van der Waals surface area (Å²) >= 11 is 0. The number of aromatic nitrogens is 1. The first-order valence-electron chi connectivity index (χ1n) is 7.94. The van der Waals surface area contributed by atoms with Gasteiger partial charge in [-0.1, -0.05) is 12.1 Å². The fourth-order valence-corrected chi connectivity index (χ4v) is 2.93. The highest BCUT2D eigenvalue weighted by atomic mass is 16.5. The zero-order chi connectivity index (χ0) is 15.3. The Labute approximate surface area is 129 Å². The second-order valence-corrected chi connectivity index (χ2v) is 6.61. The van der Waals surface area contributed by atoms with Crippen LogP contribution in [0.15, 0.2) is 27.1 Å². The zero-order valence-corrected chi connectivity index (χ0v) is 12.9. The molecule has 0 bridgehead atoms. The van der Waals surface area contributed by atoms with Crippen molar-refractivity contribution in [2.75, 3.05) is 0 Å². The number of nitrogens with zero attached hydrogens (tertiary/aromatic N) is 2. The molecule has 5 heteroatoms. The lowest BCUT2D eigenvalue weighted by atomic mass is 10.2. The highest BCUT2D eigenvalue weighted by molar-refractivity contribution is 5.92. The van der Waals surface area contributed by atoms with Crippen LogP contribution in [0.2, 0.25) is 0 Å². The van der Waals surface area contributed by atoms with Crippen LogP contribution in [0, 0.1) is 12.8 Å². The maximum atomic E-state index is 12.6. The number of hydrogen-bond donors (Lipinski definition) is 0. The van der Waals surface area contributed by atoms with Gasteiger partial charge in [-0.15, -0.1) is 0 Å². The molecule has 0 spiro atoms. The van der Waals surface area contributed by atoms with Crippen LogP contribution in [0.5, 0.6) is 0 Å². The monoisotopic (exact) mass is 300 g/mol. The van der Waals surface area contributed by atoms with Crippen LogP contribution in [-0.4, -0.2) is 22.0 Å². The molecule has 2 aromatic heterocycles. The van der Waals surface area contributed by atoms with Gasteiger partial charge in [0.05, 0.1) is 6.54 Å². The topological polar surface area (TPSA) is 59.5 Å². The number of carbonyl (C=O) groups is 1. The van der Waals surface area contributed by atoms with Gasteiger partial charge in [0, 0.05) is 18.0 Å². The van der Waals surface area contributed by atoms with E-state index in [0.29, 0.717) is 30.0 Å². The Kier molecular flexibility index (Phi) is 3.10. The van der Waals surface area contributed by atoms with Crippen molar-refractivity contribution in [1.29, 1.82) is 0 Å². The highest BCUT2D eigenvalue weighted by Crippen LogP contribution is 2.47. The molecule has 116 valence electrons. The van der Waals surface area contributed by atoms with Crippen LogP contribution in [0.25, 0.3) is 0 Å². The molecule has 5 nitrogen and oxygen atoms in total. The summed E-state index contributed by atoms with van der Waals surface area (Å²) in [6.07, 6.45) is 3.31. The van der Waals surface area contributed by atoms with Crippen molar-refractivity contribution in [2.24, 2.45) is 5.92 Å². The van der Waals surface area contributed by atoms with E-state index in [4.69, 9.17) is 8.94 Å². The molecular weight excluding hydrogens is 280 g/mol. The van der Waals surface area contributed by atoms with Crippen LogP contribution < -0.4 is 0 Å². The predicted octanol–water partition coefficient (Wildman–Crippen LogP) is 3.50. The summed E-state index contributed by atoms with van der Waals surface area (Å²) in [6, 6.07) is 6.05. The minimum atomic E-state index is -0.0721. The van der Waals surface area contributed by atoms with Crippen molar-refractivity contribution in [3.05, 3.63) is 41.2 Å². The third-order valence-corrected chi connectivity index (χ3v) is 4.58. The van der Waals surface area contributed by atoms with E-state index < -0.39 is 0 Å². The molecule has 2 atom stereocenters. The fraction of sp³-hybridized carbons (Fsp3) is 0.529. The Bertz CT molecular complexity index is 698. The summed E-state index contributed by atoms with van der Waals surface area (Å²) in [6.45, 7) is 4.54. The summed E-state index contributed by atoms with van der Waals surface area (Å²) in [4.78, 5) is 14.5. The molecule has 0 N–H and O–H groups in total. The number of carbonyl (C=O) groups excluding carboxylic acids is 1. The maximum Gasteiger partial charge on any atom is 0.276 e. The van der Waals surface area contributed by atoms with Crippen molar-refractivity contribution < 1.29 is 13.7 Å². The van der Waals surface area contributed by atoms with Gasteiger partial charge in [0.15, 0.2) is 5.69 Å². The lowest BCUT2D eigenvalue weighted by molar-refractivity contribution is 0.0706. The van der Waals surface area contributed by atoms with Crippen molar-refractivity contribution in [3.63, 3.8) is 0 Å². The number of hydrogen-bond acceptors (Lipinski definition) is 4. The number of amides is 1. The van der Waals surface area contributed by atoms with Crippen LogP contribution in [-0.2, 0) is 6.54 Å². The molecule has 2 aliphatic carbocycles. The minimum absolute atomic E-state index is 0.0721. The summed E-state index contributed by atoms with van der Waals surface area (Å²) in [5.41, 5.74) is 0.381. The highest BCUT2D eigenvalue weighted by Gasteiger charge is 2.38. The molecule has 2 fully saturated rings. The third kappa shape index (κ3) is 2.56. The van der Waals surface area contributed by atoms with E-state index in [9.17, 15) is 4.79 Å². The van der Waals surface area contributed by atoms with E-state index in [-0.39, 0.29) is 5.91 Å². The van der Waals surface area contributed by atoms with Gasteiger partial charge in [-0.05, 0) is 44.2 Å². The van der Waals surface area contributed by atoms with Crippen LogP contribution in [0.4, 0.5) is 0 Å². The lowest BCUT2D eigenvalue weighted by Gasteiger charge is -2.19. The largest absolute Gasteiger partial charge is 0.464 e. The molecule has 0 unspecified atom stereocenters. The quantitative estimate of drug-likeness (QED) is 0.848. The molecular formula is C17H20N2O3. The Morgan fingerprint density at radius 2 is 2.18 bits per heavy atom. The van der Waals surface area contributed by atoms with Gasteiger partial charge >= 0.3 is 0 Å². The molecule has 0 aliphatic heterocycles. The van der Waals surface area contributed by atoms with Gasteiger partial charge in [-0.2, -0.15) is 0 Å². The smallest absolute Gasteiger partial charge is 0.276 e. The summed E-state index contributed by atoms with van der Waals surface area (Å²) < 4.78 is 11.0. The first-order chi connectivity index (χ1) is 10.6. The van der Waals surface area contributed by atoms with E-state index >= 15 is 0 Å². The SMILES string of the molecule is Cc1cc(C(=O)N(Cc2ccc([C@@H]3C[C@@H]3C)o2)C2CC2)no1. The predicted molar refractivity (Wildman–Crippen MR) is 79.4 cm³/mol. The molecule has 22 heavy (non-hydrogen) atoms. The first kappa shape index (κ1) is 13.6. The summed E-state index contributed by atoms with van der Waals surface area (Å²) in [5.74, 6) is 3.78. The van der Waals surface area contributed by atoms with Gasteiger partial charge in [-0.25, -0.2) is 0 Å². The normalized spacial score (nSPS) is 23.5. The summed E-state index contributed by atoms with van der Waals surface area (Å²) in [7, 11) is 0. The molecule has 2 aliphatic rings. The van der Waals surface area contributed by atoms with Gasteiger partial charge < -0.3 is 13.8 Å². The van der Waals surface area contributed by atoms with Crippen LogP contribution in [0.3, 0.4) is 0 Å². The Morgan fingerprint density at radius 3 is 2.77 bits per heavy atom. The third-order valence-electron chi connectivity index (χ3n) is 4.58. The Balaban J connectivity index is 1.50. The molecule has 0 saturated heterocycles. The second kappa shape index (κ2) is 5.00. The van der Waals surface area contributed by atoms with E-state index in [1.165, 1.54) is 6.42 Å². The Morgan fingerprint density at radius 1 is 1.41 bits per heavy atom. The van der Waals surface area contributed by atoms with Crippen molar-refractivity contribution in [2.45, 2.75) is 51.6 Å². The van der Waals surface area contributed by atoms with E-state index in [2.05, 4.69) is 18.1 Å². The molecule has 0 aromatic carbocycles. The number of aryl methyl sites for hydroxylation is 1. The zero-order valence-electron chi connectivity index (χ0n) is 12.9. The molecule has 0 radical (unpaired) electrons. The van der Waals surface area contributed by atoms with Crippen molar-refractivity contribution >= 4 is 5.91 Å². The molecule has 2 saturated carbocycles. The Hall–Kier alpha value is -2.04. The van der Waals surface area contributed by atoms with E-state index in [0.717, 1.165) is 30.3 Å². The van der Waals surface area contributed by atoms with Crippen molar-refractivity contribution in [1.82, 2.24) is 10.1 Å². The van der Waals surface area contributed by atoms with E-state index in [1.54, 1.807) is 13.0 Å². The average Bonchev–Trinajstić information content (AvgIpc) is 3.37. The van der Waals surface area contributed by atoms with Crippen molar-refractivity contribution in [3.8, 4) is 0 Å². The molecule has 4 rings (SSSR count). The minimum Gasteiger partial charge on any atom is -0.464 e. The number of rotatable bonds is 5. The molecule has 2 aromatic rings. The van der Waals surface area contributed by atoms with Gasteiger partial charge in [0.1, 0.15) is 17.3 Å².